The van der Waals surface area contributed by atoms with Crippen molar-refractivity contribution in [3.8, 4) is 5.75 Å². The van der Waals surface area contributed by atoms with Crippen molar-refractivity contribution in [1.82, 2.24) is 0 Å². The van der Waals surface area contributed by atoms with Crippen molar-refractivity contribution in [3.63, 3.8) is 0 Å². The van der Waals surface area contributed by atoms with Gasteiger partial charge in [-0.3, -0.25) is 4.79 Å². The normalized spacial score (nSPS) is 10.1. The highest BCUT2D eigenvalue weighted by atomic mass is 16.5. The summed E-state index contributed by atoms with van der Waals surface area (Å²) in [6, 6.07) is 5.52. The molecule has 1 aromatic carbocycles. The number of benzene rings is 1. The van der Waals surface area contributed by atoms with Gasteiger partial charge in [-0.25, -0.2) is 0 Å². The number of hydrogen-bond donors (Lipinski definition) is 0. The molecule has 0 heterocycles. The van der Waals surface area contributed by atoms with E-state index >= 15 is 0 Å². The molecular weight excluding hydrogens is 200 g/mol. The Hall–Kier alpha value is -1.31. The maximum absolute atomic E-state index is 10.6. The maximum Gasteiger partial charge on any atom is 0.150 e. The summed E-state index contributed by atoms with van der Waals surface area (Å²) in [5.74, 6) is 0.891. The second kappa shape index (κ2) is 7.04. The lowest BCUT2D eigenvalue weighted by atomic mass is 10.1. The molecule has 0 unspecified atom stereocenters. The van der Waals surface area contributed by atoms with Gasteiger partial charge in [0.2, 0.25) is 0 Å². The fourth-order valence-electron chi connectivity index (χ4n) is 1.62. The Morgan fingerprint density at radius 1 is 1.25 bits per heavy atom. The predicted molar refractivity (Wildman–Crippen MR) is 66.2 cm³/mol. The van der Waals surface area contributed by atoms with Crippen LogP contribution in [0.5, 0.6) is 5.75 Å². The molecule has 0 amide bonds. The first-order valence-electron chi connectivity index (χ1n) is 5.96. The molecule has 0 fully saturated rings. The quantitative estimate of drug-likeness (QED) is 0.516. The third-order valence-corrected chi connectivity index (χ3v) is 2.59. The summed E-state index contributed by atoms with van der Waals surface area (Å²) in [6.45, 7) is 4.93. The molecule has 0 spiro atoms. The van der Waals surface area contributed by atoms with Crippen LogP contribution in [0.15, 0.2) is 18.2 Å². The highest BCUT2D eigenvalue weighted by Gasteiger charge is 2.00. The molecule has 0 N–H and O–H groups in total. The molecule has 0 saturated heterocycles. The monoisotopic (exact) mass is 220 g/mol. The molecule has 1 aromatic rings. The van der Waals surface area contributed by atoms with Crippen molar-refractivity contribution in [1.29, 1.82) is 0 Å². The average molecular weight is 220 g/mol. The van der Waals surface area contributed by atoms with Gasteiger partial charge in [0.05, 0.1) is 6.61 Å². The minimum absolute atomic E-state index is 0.704. The van der Waals surface area contributed by atoms with Gasteiger partial charge in [-0.15, -0.1) is 0 Å². The molecule has 88 valence electrons. The van der Waals surface area contributed by atoms with Crippen LogP contribution >= 0.6 is 0 Å². The Kier molecular flexibility index (Phi) is 5.62. The molecule has 0 aliphatic rings. The van der Waals surface area contributed by atoms with Crippen LogP contribution in [-0.2, 0) is 0 Å². The minimum atomic E-state index is 0.704. The zero-order valence-electron chi connectivity index (χ0n) is 10.2. The number of hydrogen-bond acceptors (Lipinski definition) is 2. The molecule has 16 heavy (non-hydrogen) atoms. The number of aldehydes is 1. The number of ether oxygens (including phenoxy) is 1. The molecule has 0 saturated carbocycles. The first-order chi connectivity index (χ1) is 7.77. The van der Waals surface area contributed by atoms with Crippen molar-refractivity contribution in [2.75, 3.05) is 6.61 Å². The predicted octanol–water partition coefficient (Wildman–Crippen LogP) is 3.77. The summed E-state index contributed by atoms with van der Waals surface area (Å²) >= 11 is 0. The number of rotatable bonds is 7. The average Bonchev–Trinajstić information content (AvgIpc) is 2.30. The molecule has 0 bridgehead atoms. The van der Waals surface area contributed by atoms with E-state index < -0.39 is 0 Å². The maximum atomic E-state index is 10.6. The van der Waals surface area contributed by atoms with Gasteiger partial charge in [-0.05, 0) is 37.1 Å². The summed E-state index contributed by atoms with van der Waals surface area (Å²) in [5.41, 5.74) is 1.73. The highest BCUT2D eigenvalue weighted by molar-refractivity contribution is 5.75. The van der Waals surface area contributed by atoms with Crippen LogP contribution in [0, 0.1) is 6.92 Å². The van der Waals surface area contributed by atoms with E-state index in [0.29, 0.717) is 5.56 Å². The van der Waals surface area contributed by atoms with Crippen LogP contribution in [0.25, 0.3) is 0 Å². The summed E-state index contributed by atoms with van der Waals surface area (Å²) in [6.07, 6.45) is 5.70. The topological polar surface area (TPSA) is 26.3 Å². The number of carbonyl (C=O) groups excluding carboxylic acids is 1. The van der Waals surface area contributed by atoms with Gasteiger partial charge in [0.1, 0.15) is 12.0 Å². The Morgan fingerprint density at radius 3 is 2.69 bits per heavy atom. The van der Waals surface area contributed by atoms with Gasteiger partial charge < -0.3 is 4.74 Å². The Morgan fingerprint density at radius 2 is 2.06 bits per heavy atom. The highest BCUT2D eigenvalue weighted by Crippen LogP contribution is 2.18. The summed E-state index contributed by atoms with van der Waals surface area (Å²) in [4.78, 5) is 10.6. The molecular formula is C14H20O2. The largest absolute Gasteiger partial charge is 0.493 e. The SMILES string of the molecule is CCCCCCOc1ccc(C=O)cc1C. The molecule has 0 atom stereocenters. The zero-order chi connectivity index (χ0) is 11.8. The molecule has 0 radical (unpaired) electrons. The van der Waals surface area contributed by atoms with Crippen LogP contribution in [0.3, 0.4) is 0 Å². The van der Waals surface area contributed by atoms with E-state index in [-0.39, 0.29) is 0 Å². The molecule has 0 aliphatic carbocycles. The van der Waals surface area contributed by atoms with Gasteiger partial charge >= 0.3 is 0 Å². The Balaban J connectivity index is 2.39. The van der Waals surface area contributed by atoms with Gasteiger partial charge in [-0.2, -0.15) is 0 Å². The van der Waals surface area contributed by atoms with E-state index in [2.05, 4.69) is 6.92 Å². The molecule has 1 rings (SSSR count). The van der Waals surface area contributed by atoms with E-state index in [1.54, 1.807) is 6.07 Å². The zero-order valence-corrected chi connectivity index (χ0v) is 10.2. The first kappa shape index (κ1) is 12.8. The molecule has 2 nitrogen and oxygen atoms in total. The standard InChI is InChI=1S/C14H20O2/c1-3-4-5-6-9-16-14-8-7-13(11-15)10-12(14)2/h7-8,10-11H,3-6,9H2,1-2H3. The Labute approximate surface area is 97.6 Å². The van der Waals surface area contributed by atoms with E-state index in [0.717, 1.165) is 30.6 Å². The number of aryl methyl sites for hydroxylation is 1. The third kappa shape index (κ3) is 4.05. The van der Waals surface area contributed by atoms with E-state index in [4.69, 9.17) is 4.74 Å². The summed E-state index contributed by atoms with van der Waals surface area (Å²) in [7, 11) is 0. The van der Waals surface area contributed by atoms with Crippen LogP contribution in [0.2, 0.25) is 0 Å². The van der Waals surface area contributed by atoms with Crippen molar-refractivity contribution < 1.29 is 9.53 Å². The number of unbranched alkanes of at least 4 members (excludes halogenated alkanes) is 3. The van der Waals surface area contributed by atoms with Gasteiger partial charge in [0.25, 0.3) is 0 Å². The second-order valence-corrected chi connectivity index (χ2v) is 4.05. The fourth-order valence-corrected chi connectivity index (χ4v) is 1.62. The third-order valence-electron chi connectivity index (χ3n) is 2.59. The first-order valence-corrected chi connectivity index (χ1v) is 5.96. The van der Waals surface area contributed by atoms with Crippen LogP contribution in [-0.4, -0.2) is 12.9 Å². The second-order valence-electron chi connectivity index (χ2n) is 4.05. The lowest BCUT2D eigenvalue weighted by Crippen LogP contribution is -1.99. The van der Waals surface area contributed by atoms with Crippen molar-refractivity contribution in [3.05, 3.63) is 29.3 Å². The minimum Gasteiger partial charge on any atom is -0.493 e. The smallest absolute Gasteiger partial charge is 0.150 e. The molecule has 0 aromatic heterocycles. The van der Waals surface area contributed by atoms with Crippen molar-refractivity contribution in [2.45, 2.75) is 39.5 Å². The number of carbonyl (C=O) groups is 1. The molecule has 0 aliphatic heterocycles. The summed E-state index contributed by atoms with van der Waals surface area (Å²) < 4.78 is 5.67. The van der Waals surface area contributed by atoms with Crippen LogP contribution in [0.1, 0.15) is 48.5 Å². The molecule has 2 heteroatoms. The lowest BCUT2D eigenvalue weighted by Gasteiger charge is -2.09. The van der Waals surface area contributed by atoms with E-state index in [1.165, 1.54) is 19.3 Å². The van der Waals surface area contributed by atoms with Crippen molar-refractivity contribution >= 4 is 6.29 Å². The van der Waals surface area contributed by atoms with Crippen LogP contribution < -0.4 is 4.74 Å². The fraction of sp³-hybridized carbons (Fsp3) is 0.500. The van der Waals surface area contributed by atoms with Crippen molar-refractivity contribution in [2.24, 2.45) is 0 Å². The summed E-state index contributed by atoms with van der Waals surface area (Å²) in [5, 5.41) is 0. The van der Waals surface area contributed by atoms with Gasteiger partial charge in [0.15, 0.2) is 0 Å². The Bertz CT molecular complexity index is 332. The van der Waals surface area contributed by atoms with E-state index in [1.807, 2.05) is 19.1 Å². The van der Waals surface area contributed by atoms with Gasteiger partial charge in [-0.1, -0.05) is 26.2 Å². The lowest BCUT2D eigenvalue weighted by molar-refractivity contribution is 0.112. The van der Waals surface area contributed by atoms with Gasteiger partial charge in [0, 0.05) is 5.56 Å². The van der Waals surface area contributed by atoms with E-state index in [9.17, 15) is 4.79 Å². The van der Waals surface area contributed by atoms with Crippen LogP contribution in [0.4, 0.5) is 0 Å².